The minimum absolute atomic E-state index is 0.00939. The van der Waals surface area contributed by atoms with Crippen molar-refractivity contribution in [1.82, 2.24) is 9.88 Å². The van der Waals surface area contributed by atoms with Crippen LogP contribution in [0.3, 0.4) is 0 Å². The van der Waals surface area contributed by atoms with Crippen LogP contribution in [0.5, 0.6) is 0 Å². The first kappa shape index (κ1) is 26.1. The predicted molar refractivity (Wildman–Crippen MR) is 143 cm³/mol. The molecule has 0 amide bonds. The lowest BCUT2D eigenvalue weighted by Crippen LogP contribution is -2.44. The summed E-state index contributed by atoms with van der Waals surface area (Å²) in [6.07, 6.45) is 3.33. The summed E-state index contributed by atoms with van der Waals surface area (Å²) in [5.74, 6) is 0. The summed E-state index contributed by atoms with van der Waals surface area (Å²) in [5.41, 5.74) is 1.23. The number of aromatic nitrogens is 1. The smallest absolute Gasteiger partial charge is 0.261 e. The fourth-order valence-electron chi connectivity index (χ4n) is 4.32. The van der Waals surface area contributed by atoms with Crippen LogP contribution in [0.4, 0.5) is 11.4 Å². The van der Waals surface area contributed by atoms with Gasteiger partial charge < -0.3 is 9.88 Å². The Balaban J connectivity index is 1.60. The number of anilines is 2. The number of hydrogen-bond donors (Lipinski definition) is 2. The van der Waals surface area contributed by atoms with Crippen molar-refractivity contribution >= 4 is 65.5 Å². The second-order valence-electron chi connectivity index (χ2n) is 8.70. The number of rotatable bonds is 8. The molecule has 0 atom stereocenters. The zero-order valence-electron chi connectivity index (χ0n) is 19.5. The zero-order chi connectivity index (χ0) is 25.4. The number of nitrogens with one attached hydrogen (secondary N) is 2. The number of nitrogens with zero attached hydrogens (tertiary/aromatic N) is 2. The summed E-state index contributed by atoms with van der Waals surface area (Å²) < 4.78 is 57.0. The molecule has 1 aromatic heterocycles. The van der Waals surface area contributed by atoms with E-state index in [1.165, 1.54) is 22.6 Å². The van der Waals surface area contributed by atoms with Gasteiger partial charge in [-0.2, -0.15) is 0 Å². The summed E-state index contributed by atoms with van der Waals surface area (Å²) in [4.78, 5) is 5.07. The van der Waals surface area contributed by atoms with Crippen molar-refractivity contribution in [1.29, 1.82) is 0 Å². The first-order valence-electron chi connectivity index (χ1n) is 11.3. The average Bonchev–Trinajstić information content (AvgIpc) is 3.22. The van der Waals surface area contributed by atoms with Gasteiger partial charge in [0.15, 0.2) is 0 Å². The Labute approximate surface area is 216 Å². The van der Waals surface area contributed by atoms with E-state index in [0.717, 1.165) is 13.1 Å². The van der Waals surface area contributed by atoms with Gasteiger partial charge in [0.1, 0.15) is 0 Å². The van der Waals surface area contributed by atoms with E-state index < -0.39 is 25.3 Å². The highest BCUT2D eigenvalue weighted by molar-refractivity contribution is 7.93. The van der Waals surface area contributed by atoms with Crippen LogP contribution in [0.2, 0.25) is 10.0 Å². The molecular formula is C23H28Cl2N4O4S2. The van der Waals surface area contributed by atoms with Crippen LogP contribution in [0.25, 0.3) is 10.9 Å². The van der Waals surface area contributed by atoms with Gasteiger partial charge in [-0.05, 0) is 75.8 Å². The lowest BCUT2D eigenvalue weighted by atomic mass is 10.1. The quantitative estimate of drug-likeness (QED) is 0.408. The molecule has 1 saturated heterocycles. The van der Waals surface area contributed by atoms with Gasteiger partial charge >= 0.3 is 0 Å². The number of benzene rings is 2. The molecule has 0 bridgehead atoms. The third-order valence-electron chi connectivity index (χ3n) is 6.24. The van der Waals surface area contributed by atoms with Crippen molar-refractivity contribution in [3.05, 3.63) is 52.6 Å². The molecule has 0 aliphatic carbocycles. The minimum atomic E-state index is -3.95. The number of likely N-dealkylation sites (tertiary alicyclic amines) is 1. The molecule has 0 unspecified atom stereocenters. The summed E-state index contributed by atoms with van der Waals surface area (Å²) in [5, 5.41) is 0.867. The Bertz CT molecular complexity index is 1420. The number of sulfonamides is 2. The normalized spacial score (nSPS) is 16.0. The number of halogens is 2. The predicted octanol–water partition coefficient (Wildman–Crippen LogP) is 4.92. The molecule has 2 aromatic carbocycles. The topological polar surface area (TPSA) is 103 Å². The SMILES string of the molecule is CCCN(c1ccc(S(=O)(=O)Nc2ccc(Cl)c3c(Cl)c[nH]c23)cc1)S(=O)(=O)C1CCN(C)CC1. The molecule has 35 heavy (non-hydrogen) atoms. The van der Waals surface area contributed by atoms with E-state index in [0.29, 0.717) is 58.1 Å². The Kier molecular flexibility index (Phi) is 7.59. The molecule has 0 saturated carbocycles. The highest BCUT2D eigenvalue weighted by Gasteiger charge is 2.34. The molecule has 1 aliphatic heterocycles. The van der Waals surface area contributed by atoms with E-state index in [4.69, 9.17) is 23.2 Å². The van der Waals surface area contributed by atoms with Crippen molar-refractivity contribution in [2.75, 3.05) is 35.7 Å². The first-order valence-corrected chi connectivity index (χ1v) is 15.1. The number of aromatic amines is 1. The number of fused-ring (bicyclic) bond motifs is 1. The number of piperidine rings is 1. The number of hydrogen-bond acceptors (Lipinski definition) is 5. The van der Waals surface area contributed by atoms with Crippen LogP contribution in [0, 0.1) is 0 Å². The second-order valence-corrected chi connectivity index (χ2v) is 13.3. The van der Waals surface area contributed by atoms with E-state index in [1.807, 2.05) is 14.0 Å². The Morgan fingerprint density at radius 2 is 1.69 bits per heavy atom. The average molecular weight is 560 g/mol. The van der Waals surface area contributed by atoms with Crippen molar-refractivity contribution in [2.24, 2.45) is 0 Å². The maximum absolute atomic E-state index is 13.4. The molecule has 1 aliphatic rings. The lowest BCUT2D eigenvalue weighted by Gasteiger charge is -2.33. The molecule has 3 aromatic rings. The van der Waals surface area contributed by atoms with Crippen LogP contribution in [0.1, 0.15) is 26.2 Å². The second kappa shape index (κ2) is 10.2. The fourth-order valence-corrected chi connectivity index (χ4v) is 7.97. The van der Waals surface area contributed by atoms with Crippen LogP contribution in [0.15, 0.2) is 47.5 Å². The van der Waals surface area contributed by atoms with Crippen LogP contribution in [-0.2, 0) is 20.0 Å². The van der Waals surface area contributed by atoms with Crippen molar-refractivity contribution in [3.63, 3.8) is 0 Å². The summed E-state index contributed by atoms with van der Waals surface area (Å²) in [6, 6.07) is 9.04. The molecule has 2 N–H and O–H groups in total. The molecule has 4 rings (SSSR count). The van der Waals surface area contributed by atoms with Gasteiger partial charge in [-0.1, -0.05) is 30.1 Å². The zero-order valence-corrected chi connectivity index (χ0v) is 22.6. The van der Waals surface area contributed by atoms with E-state index in [1.54, 1.807) is 24.3 Å². The minimum Gasteiger partial charge on any atom is -0.358 e. The fraction of sp³-hybridized carbons (Fsp3) is 0.391. The highest BCUT2D eigenvalue weighted by atomic mass is 35.5. The molecule has 190 valence electrons. The van der Waals surface area contributed by atoms with Gasteiger partial charge in [0.05, 0.1) is 37.1 Å². The maximum Gasteiger partial charge on any atom is 0.261 e. The third kappa shape index (κ3) is 5.27. The van der Waals surface area contributed by atoms with Crippen LogP contribution < -0.4 is 9.03 Å². The van der Waals surface area contributed by atoms with E-state index in [2.05, 4.69) is 14.6 Å². The van der Waals surface area contributed by atoms with Gasteiger partial charge in [-0.15, -0.1) is 0 Å². The van der Waals surface area contributed by atoms with Crippen molar-refractivity contribution in [2.45, 2.75) is 36.3 Å². The molecule has 0 spiro atoms. The van der Waals surface area contributed by atoms with Gasteiger partial charge in [0.2, 0.25) is 10.0 Å². The monoisotopic (exact) mass is 558 g/mol. The highest BCUT2D eigenvalue weighted by Crippen LogP contribution is 2.35. The summed E-state index contributed by atoms with van der Waals surface area (Å²) >= 11 is 12.4. The lowest BCUT2D eigenvalue weighted by molar-refractivity contribution is 0.277. The van der Waals surface area contributed by atoms with Crippen LogP contribution in [-0.4, -0.2) is 58.7 Å². The molecule has 2 heterocycles. The van der Waals surface area contributed by atoms with Gasteiger partial charge in [-0.3, -0.25) is 9.03 Å². The van der Waals surface area contributed by atoms with Gasteiger partial charge in [0, 0.05) is 18.1 Å². The standard InChI is InChI=1S/C23H28Cl2N4O4S2/c1-3-12-29(35(32,33)18-10-13-28(2)14-11-18)16-4-6-17(7-5-16)34(30,31)27-21-9-8-19(24)22-20(25)15-26-23(21)22/h4-9,15,18,26-27H,3,10-14H2,1-2H3. The Hall–Kier alpha value is -1.98. The van der Waals surface area contributed by atoms with Gasteiger partial charge in [0.25, 0.3) is 10.0 Å². The van der Waals surface area contributed by atoms with Gasteiger partial charge in [-0.25, -0.2) is 16.8 Å². The maximum atomic E-state index is 13.4. The summed E-state index contributed by atoms with van der Waals surface area (Å²) in [7, 11) is -5.54. The molecule has 8 nitrogen and oxygen atoms in total. The van der Waals surface area contributed by atoms with E-state index in [9.17, 15) is 16.8 Å². The largest absolute Gasteiger partial charge is 0.358 e. The molecular weight excluding hydrogens is 531 g/mol. The van der Waals surface area contributed by atoms with Crippen molar-refractivity contribution in [3.8, 4) is 0 Å². The van der Waals surface area contributed by atoms with E-state index >= 15 is 0 Å². The first-order chi connectivity index (χ1) is 16.5. The summed E-state index contributed by atoms with van der Waals surface area (Å²) in [6.45, 7) is 3.71. The van der Waals surface area contributed by atoms with E-state index in [-0.39, 0.29) is 4.90 Å². The van der Waals surface area contributed by atoms with Crippen LogP contribution >= 0.6 is 23.2 Å². The Morgan fingerprint density at radius 3 is 2.31 bits per heavy atom. The number of H-pyrrole nitrogens is 1. The Morgan fingerprint density at radius 1 is 1.03 bits per heavy atom. The molecule has 12 heteroatoms. The molecule has 0 radical (unpaired) electrons. The molecule has 1 fully saturated rings. The van der Waals surface area contributed by atoms with Crippen molar-refractivity contribution < 1.29 is 16.8 Å². The third-order valence-corrected chi connectivity index (χ3v) is 10.6.